The Morgan fingerprint density at radius 2 is 2.08 bits per heavy atom. The van der Waals surface area contributed by atoms with Crippen LogP contribution >= 0.6 is 0 Å². The molecular weight excluding hydrogens is 320 g/mol. The summed E-state index contributed by atoms with van der Waals surface area (Å²) in [5.74, 6) is -0.835. The molecule has 3 rings (SSSR count). The molecule has 1 atom stereocenters. The van der Waals surface area contributed by atoms with Crippen LogP contribution in [0, 0.1) is 0 Å². The molecular formula is C19H22N2O4. The van der Waals surface area contributed by atoms with Gasteiger partial charge in [0.15, 0.2) is 0 Å². The van der Waals surface area contributed by atoms with E-state index >= 15 is 0 Å². The van der Waals surface area contributed by atoms with Gasteiger partial charge < -0.3 is 4.74 Å². The van der Waals surface area contributed by atoms with E-state index in [0.717, 1.165) is 16.8 Å². The van der Waals surface area contributed by atoms with Crippen LogP contribution in [0.4, 0.5) is 5.69 Å². The topological polar surface area (TPSA) is 75.7 Å². The van der Waals surface area contributed by atoms with Gasteiger partial charge in [0, 0.05) is 12.1 Å². The number of hydrogen-bond donors (Lipinski definition) is 1. The van der Waals surface area contributed by atoms with Crippen LogP contribution in [0.1, 0.15) is 44.7 Å². The smallest absolute Gasteiger partial charge is 0.249 e. The molecule has 1 N–H and O–H groups in total. The second kappa shape index (κ2) is 6.35. The third kappa shape index (κ3) is 2.81. The van der Waals surface area contributed by atoms with Crippen molar-refractivity contribution >= 4 is 29.5 Å². The minimum atomic E-state index is -0.760. The van der Waals surface area contributed by atoms with Crippen LogP contribution in [-0.4, -0.2) is 30.4 Å². The Bertz CT molecular complexity index is 767. The summed E-state index contributed by atoms with van der Waals surface area (Å²) in [6, 6.07) is 4.98. The largest absolute Gasteiger partial charge is 0.501 e. The van der Waals surface area contributed by atoms with Crippen molar-refractivity contribution in [2.45, 2.75) is 45.1 Å². The molecule has 2 aliphatic rings. The van der Waals surface area contributed by atoms with Gasteiger partial charge in [0.1, 0.15) is 6.04 Å². The Labute approximate surface area is 146 Å². The number of piperidine rings is 1. The molecule has 132 valence electrons. The van der Waals surface area contributed by atoms with Crippen molar-refractivity contribution in [2.24, 2.45) is 0 Å². The fourth-order valence-electron chi connectivity index (χ4n) is 3.55. The van der Waals surface area contributed by atoms with Crippen molar-refractivity contribution in [3.8, 4) is 0 Å². The molecule has 2 heterocycles. The van der Waals surface area contributed by atoms with Crippen LogP contribution in [0.15, 0.2) is 24.5 Å². The predicted molar refractivity (Wildman–Crippen MR) is 93.8 cm³/mol. The number of nitrogens with one attached hydrogen (secondary N) is 1. The van der Waals surface area contributed by atoms with E-state index in [1.165, 1.54) is 0 Å². The lowest BCUT2D eigenvalue weighted by molar-refractivity contribution is -0.136. The maximum absolute atomic E-state index is 13.1. The minimum absolute atomic E-state index is 0.130. The van der Waals surface area contributed by atoms with Crippen molar-refractivity contribution in [1.82, 2.24) is 5.32 Å². The van der Waals surface area contributed by atoms with Gasteiger partial charge in [-0.05, 0) is 50.5 Å². The first-order valence-corrected chi connectivity index (χ1v) is 8.47. The van der Waals surface area contributed by atoms with Gasteiger partial charge >= 0.3 is 0 Å². The van der Waals surface area contributed by atoms with Crippen molar-refractivity contribution in [3.05, 3.63) is 35.6 Å². The number of imide groups is 1. The van der Waals surface area contributed by atoms with Crippen molar-refractivity contribution in [1.29, 1.82) is 0 Å². The molecule has 25 heavy (non-hydrogen) atoms. The second-order valence-corrected chi connectivity index (χ2v) is 6.77. The lowest BCUT2D eigenvalue weighted by atomic mass is 9.83. The van der Waals surface area contributed by atoms with Gasteiger partial charge in [0.2, 0.25) is 17.7 Å². The van der Waals surface area contributed by atoms with Crippen LogP contribution in [-0.2, 0) is 24.5 Å². The number of hydrogen-bond acceptors (Lipinski definition) is 4. The van der Waals surface area contributed by atoms with Crippen LogP contribution in [0.5, 0.6) is 0 Å². The number of carbonyl (C=O) groups excluding carboxylic acids is 3. The number of carbonyl (C=O) groups is 3. The highest BCUT2D eigenvalue weighted by molar-refractivity contribution is 6.14. The van der Waals surface area contributed by atoms with Gasteiger partial charge in [0.05, 0.1) is 18.3 Å². The van der Waals surface area contributed by atoms with Crippen LogP contribution in [0.2, 0.25) is 0 Å². The highest BCUT2D eigenvalue weighted by Gasteiger charge is 2.49. The first kappa shape index (κ1) is 17.2. The van der Waals surface area contributed by atoms with Gasteiger partial charge in [-0.15, -0.1) is 0 Å². The van der Waals surface area contributed by atoms with Gasteiger partial charge in [-0.25, -0.2) is 0 Å². The van der Waals surface area contributed by atoms with Gasteiger partial charge in [-0.3, -0.25) is 24.6 Å². The summed E-state index contributed by atoms with van der Waals surface area (Å²) in [7, 11) is 0. The Hall–Kier alpha value is -2.63. The molecule has 1 saturated heterocycles. The number of fused-ring (bicyclic) bond motifs is 1. The third-order valence-corrected chi connectivity index (χ3v) is 4.74. The summed E-state index contributed by atoms with van der Waals surface area (Å²) in [6.07, 6.45) is 4.03. The van der Waals surface area contributed by atoms with E-state index in [2.05, 4.69) is 5.32 Å². The molecule has 0 spiro atoms. The molecule has 6 heteroatoms. The van der Waals surface area contributed by atoms with E-state index in [1.54, 1.807) is 11.2 Å². The van der Waals surface area contributed by atoms with Crippen molar-refractivity contribution < 1.29 is 19.1 Å². The highest BCUT2D eigenvalue weighted by atomic mass is 16.5. The fourth-order valence-corrected chi connectivity index (χ4v) is 3.55. The van der Waals surface area contributed by atoms with E-state index in [9.17, 15) is 14.4 Å². The summed E-state index contributed by atoms with van der Waals surface area (Å²) in [6.45, 7) is 6.18. The highest BCUT2D eigenvalue weighted by Crippen LogP contribution is 2.45. The van der Waals surface area contributed by atoms with E-state index < -0.39 is 17.4 Å². The number of benzene rings is 1. The molecule has 2 aliphatic heterocycles. The maximum atomic E-state index is 13.1. The zero-order valence-corrected chi connectivity index (χ0v) is 14.7. The summed E-state index contributed by atoms with van der Waals surface area (Å²) >= 11 is 0. The van der Waals surface area contributed by atoms with Gasteiger partial charge in [-0.1, -0.05) is 12.1 Å². The van der Waals surface area contributed by atoms with Crippen LogP contribution in [0.25, 0.3) is 6.08 Å². The molecule has 1 aromatic carbocycles. The van der Waals surface area contributed by atoms with E-state index in [4.69, 9.17) is 4.74 Å². The zero-order chi connectivity index (χ0) is 18.2. The van der Waals surface area contributed by atoms with E-state index in [1.807, 2.05) is 45.0 Å². The number of anilines is 1. The zero-order valence-electron chi connectivity index (χ0n) is 14.7. The molecule has 0 saturated carbocycles. The Morgan fingerprint density at radius 1 is 1.32 bits per heavy atom. The normalized spacial score (nSPS) is 22.3. The van der Waals surface area contributed by atoms with E-state index in [0.29, 0.717) is 13.0 Å². The Kier molecular flexibility index (Phi) is 4.37. The lowest BCUT2D eigenvalue weighted by Gasteiger charge is -2.31. The number of nitrogens with zero attached hydrogens (tertiary/aromatic N) is 1. The molecule has 0 radical (unpaired) electrons. The average molecular weight is 342 g/mol. The summed E-state index contributed by atoms with van der Waals surface area (Å²) in [4.78, 5) is 38.4. The van der Waals surface area contributed by atoms with Crippen molar-refractivity contribution in [2.75, 3.05) is 11.5 Å². The van der Waals surface area contributed by atoms with Crippen LogP contribution in [0.3, 0.4) is 0 Å². The molecule has 1 aromatic rings. The lowest BCUT2D eigenvalue weighted by Crippen LogP contribution is -2.55. The van der Waals surface area contributed by atoms with Crippen molar-refractivity contribution in [3.63, 3.8) is 0 Å². The fraction of sp³-hybridized carbons (Fsp3) is 0.421. The minimum Gasteiger partial charge on any atom is -0.501 e. The third-order valence-electron chi connectivity index (χ3n) is 4.74. The molecule has 0 aromatic heterocycles. The molecule has 1 unspecified atom stereocenters. The Morgan fingerprint density at radius 3 is 2.76 bits per heavy atom. The number of ether oxygens (including phenoxy) is 1. The standard InChI is InChI=1S/C19H22N2O4/c1-4-25-11-10-12-6-5-7-13-16(12)19(2,3)18(24)21(13)14-8-9-15(22)20-17(14)23/h5-7,10-11,14H,4,8-9H2,1-3H3,(H,20,22,23)/b11-10+. The maximum Gasteiger partial charge on any atom is 0.249 e. The Balaban J connectivity index is 2.05. The summed E-state index contributed by atoms with van der Waals surface area (Å²) < 4.78 is 5.28. The SMILES string of the molecule is CCO/C=C/c1cccc2c1C(C)(C)C(=O)N2C1CCC(=O)NC1=O. The molecule has 0 bridgehead atoms. The van der Waals surface area contributed by atoms with Gasteiger partial charge in [0.25, 0.3) is 0 Å². The number of amides is 3. The molecule has 1 fully saturated rings. The van der Waals surface area contributed by atoms with Gasteiger partial charge in [-0.2, -0.15) is 0 Å². The summed E-state index contributed by atoms with van der Waals surface area (Å²) in [5, 5.41) is 2.34. The van der Waals surface area contributed by atoms with E-state index in [-0.39, 0.29) is 18.2 Å². The average Bonchev–Trinajstić information content (AvgIpc) is 2.76. The predicted octanol–water partition coefficient (Wildman–Crippen LogP) is 2.12. The first-order valence-electron chi connectivity index (χ1n) is 8.47. The molecule has 3 amide bonds. The first-order chi connectivity index (χ1) is 11.9. The molecule has 0 aliphatic carbocycles. The number of rotatable bonds is 4. The second-order valence-electron chi connectivity index (χ2n) is 6.77. The van der Waals surface area contributed by atoms with Crippen LogP contribution < -0.4 is 10.2 Å². The quantitative estimate of drug-likeness (QED) is 0.672. The monoisotopic (exact) mass is 342 g/mol. The molecule has 6 nitrogen and oxygen atoms in total. The summed E-state index contributed by atoms with van der Waals surface area (Å²) in [5.41, 5.74) is 1.73.